The number of sulfone groups is 1. The van der Waals surface area contributed by atoms with E-state index in [9.17, 15) is 18.3 Å². The van der Waals surface area contributed by atoms with Crippen LogP contribution in [0.3, 0.4) is 0 Å². The molecule has 7 nitrogen and oxygen atoms in total. The van der Waals surface area contributed by atoms with E-state index in [-0.39, 0.29) is 12.4 Å². The first-order chi connectivity index (χ1) is 14.5. The molecular weight excluding hydrogens is 418 g/mol. The van der Waals surface area contributed by atoms with E-state index in [4.69, 9.17) is 9.47 Å². The van der Waals surface area contributed by atoms with Crippen LogP contribution in [0.25, 0.3) is 0 Å². The highest BCUT2D eigenvalue weighted by Crippen LogP contribution is 2.35. The average molecular weight is 448 g/mol. The van der Waals surface area contributed by atoms with Gasteiger partial charge >= 0.3 is 0 Å². The number of aliphatic hydroxyl groups excluding tert-OH is 1. The zero-order valence-electron chi connectivity index (χ0n) is 18.1. The van der Waals surface area contributed by atoms with Crippen molar-refractivity contribution in [3.05, 3.63) is 53.6 Å². The molecule has 8 heteroatoms. The van der Waals surface area contributed by atoms with Gasteiger partial charge < -0.3 is 19.9 Å². The monoisotopic (exact) mass is 447 g/mol. The van der Waals surface area contributed by atoms with Gasteiger partial charge in [0.25, 0.3) is 0 Å². The lowest BCUT2D eigenvalue weighted by Gasteiger charge is -2.31. The molecule has 1 heterocycles. The van der Waals surface area contributed by atoms with Crippen LogP contribution in [0, 0.1) is 0 Å². The highest BCUT2D eigenvalue weighted by molar-refractivity contribution is 7.90. The molecule has 2 aromatic carbocycles. The third-order valence-electron chi connectivity index (χ3n) is 4.99. The predicted octanol–water partition coefficient (Wildman–Crippen LogP) is 2.41. The second-order valence-corrected chi connectivity index (χ2v) is 10.5. The molecule has 3 rings (SSSR count). The van der Waals surface area contributed by atoms with Gasteiger partial charge in [-0.3, -0.25) is 4.79 Å². The first-order valence-corrected chi connectivity index (χ1v) is 12.1. The largest absolute Gasteiger partial charge is 0.491 e. The average Bonchev–Trinajstić information content (AvgIpc) is 2.68. The molecule has 2 aromatic rings. The van der Waals surface area contributed by atoms with Crippen LogP contribution in [0.15, 0.2) is 47.4 Å². The molecule has 0 aromatic heterocycles. The van der Waals surface area contributed by atoms with Crippen molar-refractivity contribution in [3.63, 3.8) is 0 Å². The molecule has 0 fully saturated rings. The molecule has 0 aliphatic carbocycles. The van der Waals surface area contributed by atoms with Gasteiger partial charge in [-0.25, -0.2) is 8.42 Å². The van der Waals surface area contributed by atoms with Crippen molar-refractivity contribution in [1.29, 1.82) is 0 Å². The van der Waals surface area contributed by atoms with Crippen LogP contribution in [0.1, 0.15) is 36.2 Å². The van der Waals surface area contributed by atoms with Crippen molar-refractivity contribution in [2.45, 2.75) is 43.3 Å². The summed E-state index contributed by atoms with van der Waals surface area (Å²) in [6.45, 7) is 4.84. The second kappa shape index (κ2) is 9.38. The minimum absolute atomic E-state index is 0.0491. The highest BCUT2D eigenvalue weighted by atomic mass is 32.2. The zero-order chi connectivity index (χ0) is 22.6. The third-order valence-corrected chi connectivity index (χ3v) is 6.12. The quantitative estimate of drug-likeness (QED) is 0.569. The van der Waals surface area contributed by atoms with Gasteiger partial charge in [0.2, 0.25) is 0 Å². The second-order valence-electron chi connectivity index (χ2n) is 8.45. The molecule has 0 saturated carbocycles. The Labute approximate surface area is 183 Å². The number of rotatable bonds is 9. The van der Waals surface area contributed by atoms with E-state index < -0.39 is 21.5 Å². The molecule has 168 valence electrons. The summed E-state index contributed by atoms with van der Waals surface area (Å²) in [5, 5.41) is 13.3. The Kier molecular flexibility index (Phi) is 7.03. The molecule has 1 aliphatic heterocycles. The van der Waals surface area contributed by atoms with Gasteiger partial charge in [-0.05, 0) is 56.6 Å². The van der Waals surface area contributed by atoms with Gasteiger partial charge in [0.1, 0.15) is 29.8 Å². The fraction of sp³-hybridized carbons (Fsp3) is 0.435. The van der Waals surface area contributed by atoms with Gasteiger partial charge in [0, 0.05) is 18.9 Å². The first-order valence-electron chi connectivity index (χ1n) is 10.2. The summed E-state index contributed by atoms with van der Waals surface area (Å²) < 4.78 is 34.5. The number of carbonyl (C=O) groups is 1. The van der Waals surface area contributed by atoms with Crippen LogP contribution < -0.4 is 14.8 Å². The maximum atomic E-state index is 12.2. The summed E-state index contributed by atoms with van der Waals surface area (Å²) in [4.78, 5) is 12.5. The normalized spacial score (nSPS) is 16.3. The van der Waals surface area contributed by atoms with Gasteiger partial charge in [0.05, 0.1) is 16.9 Å². The first kappa shape index (κ1) is 23.2. The van der Waals surface area contributed by atoms with Crippen LogP contribution in [-0.2, 0) is 16.3 Å². The number of hydrogen-bond donors (Lipinski definition) is 2. The Hall–Kier alpha value is -2.42. The van der Waals surface area contributed by atoms with E-state index in [1.54, 1.807) is 42.5 Å². The van der Waals surface area contributed by atoms with E-state index in [0.29, 0.717) is 47.9 Å². The fourth-order valence-corrected chi connectivity index (χ4v) is 4.01. The van der Waals surface area contributed by atoms with Crippen molar-refractivity contribution in [2.75, 3.05) is 26.0 Å². The van der Waals surface area contributed by atoms with E-state index in [0.717, 1.165) is 5.56 Å². The van der Waals surface area contributed by atoms with Gasteiger partial charge in [0.15, 0.2) is 15.6 Å². The molecule has 1 aliphatic rings. The predicted molar refractivity (Wildman–Crippen MR) is 118 cm³/mol. The van der Waals surface area contributed by atoms with E-state index in [1.807, 2.05) is 13.8 Å². The molecule has 0 saturated heterocycles. The molecule has 31 heavy (non-hydrogen) atoms. The highest BCUT2D eigenvalue weighted by Gasteiger charge is 2.32. The van der Waals surface area contributed by atoms with Crippen molar-refractivity contribution in [2.24, 2.45) is 0 Å². The number of fused-ring (bicyclic) bond motifs is 1. The Morgan fingerprint density at radius 1 is 1.19 bits per heavy atom. The standard InChI is InChI=1S/C23H29NO6S/c1-23(2)13-21(26)20-9-6-18(12-22(20)30-23)29-15-17(25)14-24-11-10-16-4-7-19(8-5-16)31(3,27)28/h4-9,12,17,24-25H,10-11,13-15H2,1-3H3/t17-/m0/s1. The number of ketones is 1. The van der Waals surface area contributed by atoms with E-state index >= 15 is 0 Å². The number of hydrogen-bond acceptors (Lipinski definition) is 7. The minimum atomic E-state index is -3.19. The minimum Gasteiger partial charge on any atom is -0.491 e. The number of benzene rings is 2. The number of nitrogens with one attached hydrogen (secondary N) is 1. The number of ether oxygens (including phenoxy) is 2. The van der Waals surface area contributed by atoms with Crippen LogP contribution in [0.2, 0.25) is 0 Å². The van der Waals surface area contributed by atoms with Crippen LogP contribution in [-0.4, -0.2) is 57.0 Å². The van der Waals surface area contributed by atoms with Gasteiger partial charge in [-0.2, -0.15) is 0 Å². The number of carbonyl (C=O) groups excluding carboxylic acids is 1. The van der Waals surface area contributed by atoms with E-state index in [2.05, 4.69) is 5.32 Å². The lowest BCUT2D eigenvalue weighted by atomic mass is 9.93. The van der Waals surface area contributed by atoms with Crippen molar-refractivity contribution >= 4 is 15.6 Å². The van der Waals surface area contributed by atoms with Crippen LogP contribution >= 0.6 is 0 Å². The lowest BCUT2D eigenvalue weighted by molar-refractivity contribution is 0.0615. The topological polar surface area (TPSA) is 102 Å². The Morgan fingerprint density at radius 3 is 2.58 bits per heavy atom. The van der Waals surface area contributed by atoms with Gasteiger partial charge in [-0.15, -0.1) is 0 Å². The summed E-state index contributed by atoms with van der Waals surface area (Å²) >= 11 is 0. The fourth-order valence-electron chi connectivity index (χ4n) is 3.38. The summed E-state index contributed by atoms with van der Waals surface area (Å²) in [5.41, 5.74) is 1.02. The van der Waals surface area contributed by atoms with E-state index in [1.165, 1.54) is 6.26 Å². The Balaban J connectivity index is 1.42. The van der Waals surface area contributed by atoms with Crippen molar-refractivity contribution in [1.82, 2.24) is 5.32 Å². The van der Waals surface area contributed by atoms with Crippen molar-refractivity contribution < 1.29 is 27.8 Å². The third kappa shape index (κ3) is 6.53. The Bertz CT molecular complexity index is 1030. The summed E-state index contributed by atoms with van der Waals surface area (Å²) in [7, 11) is -3.19. The molecule has 0 amide bonds. The molecule has 0 unspecified atom stereocenters. The number of aliphatic hydroxyl groups is 1. The van der Waals surface area contributed by atoms with Gasteiger partial charge in [-0.1, -0.05) is 12.1 Å². The molecule has 0 radical (unpaired) electrons. The molecule has 2 N–H and O–H groups in total. The van der Waals surface area contributed by atoms with Crippen LogP contribution in [0.5, 0.6) is 11.5 Å². The maximum absolute atomic E-state index is 12.2. The SMILES string of the molecule is CC1(C)CC(=O)c2ccc(OC[C@@H](O)CNCCc3ccc(S(C)(=O)=O)cc3)cc2O1. The van der Waals surface area contributed by atoms with Crippen LogP contribution in [0.4, 0.5) is 0 Å². The molecule has 0 spiro atoms. The summed E-state index contributed by atoms with van der Waals surface area (Å²) in [6, 6.07) is 11.9. The molecule has 1 atom stereocenters. The summed E-state index contributed by atoms with van der Waals surface area (Å²) in [5.74, 6) is 1.09. The number of Topliss-reactive ketones (excluding diaryl/α,β-unsaturated/α-hetero) is 1. The molecule has 0 bridgehead atoms. The molecular formula is C23H29NO6S. The summed E-state index contributed by atoms with van der Waals surface area (Å²) in [6.07, 6.45) is 1.53. The lowest BCUT2D eigenvalue weighted by Crippen LogP contribution is -2.36. The maximum Gasteiger partial charge on any atom is 0.175 e. The zero-order valence-corrected chi connectivity index (χ0v) is 18.9. The van der Waals surface area contributed by atoms with Crippen molar-refractivity contribution in [3.8, 4) is 11.5 Å². The smallest absolute Gasteiger partial charge is 0.175 e. The Morgan fingerprint density at radius 2 is 1.90 bits per heavy atom.